The molecule has 148 valence electrons. The van der Waals surface area contributed by atoms with Crippen LogP contribution in [0.2, 0.25) is 0 Å². The highest BCUT2D eigenvalue weighted by Gasteiger charge is 2.33. The van der Waals surface area contributed by atoms with Gasteiger partial charge in [-0.1, -0.05) is 36.1 Å². The number of nitriles is 1. The van der Waals surface area contributed by atoms with E-state index in [1.54, 1.807) is 12.1 Å². The second-order valence-corrected chi connectivity index (χ2v) is 7.99. The van der Waals surface area contributed by atoms with E-state index in [0.29, 0.717) is 41.4 Å². The van der Waals surface area contributed by atoms with Crippen LogP contribution < -0.4 is 4.90 Å². The first kappa shape index (κ1) is 19.6. The summed E-state index contributed by atoms with van der Waals surface area (Å²) in [5.74, 6) is -0.0737. The van der Waals surface area contributed by atoms with Crippen LogP contribution in [0, 0.1) is 17.1 Å². The standard InChI is InChI=1S/C19H15FN4O3S2/c20-13-3-1-12(2-4-13)11-24-17(25)15(29-19(24)28)9-16-22-14(10-21)18(27-16)23-5-7-26-8-6-23/h1-4,9H,5-8,11H2/b15-9+. The number of oxazole rings is 1. The van der Waals surface area contributed by atoms with Gasteiger partial charge in [0, 0.05) is 19.2 Å². The highest BCUT2D eigenvalue weighted by molar-refractivity contribution is 8.26. The van der Waals surface area contributed by atoms with Crippen LogP contribution in [0.3, 0.4) is 0 Å². The van der Waals surface area contributed by atoms with Crippen molar-refractivity contribution in [3.63, 3.8) is 0 Å². The molecule has 2 aliphatic rings. The maximum Gasteiger partial charge on any atom is 0.266 e. The van der Waals surface area contributed by atoms with Gasteiger partial charge in [-0.15, -0.1) is 0 Å². The minimum absolute atomic E-state index is 0.167. The van der Waals surface area contributed by atoms with Crippen molar-refractivity contribution in [2.45, 2.75) is 6.54 Å². The largest absolute Gasteiger partial charge is 0.420 e. The Labute approximate surface area is 175 Å². The summed E-state index contributed by atoms with van der Waals surface area (Å²) in [5.41, 5.74) is 0.932. The quantitative estimate of drug-likeness (QED) is 0.541. The van der Waals surface area contributed by atoms with E-state index >= 15 is 0 Å². The van der Waals surface area contributed by atoms with Gasteiger partial charge in [0.15, 0.2) is 0 Å². The summed E-state index contributed by atoms with van der Waals surface area (Å²) in [5, 5.41) is 9.36. The number of hydrogen-bond donors (Lipinski definition) is 0. The number of aromatic nitrogens is 1. The Morgan fingerprint density at radius 3 is 2.72 bits per heavy atom. The van der Waals surface area contributed by atoms with Gasteiger partial charge in [-0.2, -0.15) is 10.2 Å². The molecule has 7 nitrogen and oxygen atoms in total. The zero-order chi connectivity index (χ0) is 20.4. The van der Waals surface area contributed by atoms with E-state index < -0.39 is 0 Å². The normalized spacial score (nSPS) is 18.6. The number of amides is 1. The average Bonchev–Trinajstić information content (AvgIpc) is 3.26. The van der Waals surface area contributed by atoms with Crippen molar-refractivity contribution in [1.29, 1.82) is 5.26 Å². The van der Waals surface area contributed by atoms with Crippen LogP contribution in [0.25, 0.3) is 6.08 Å². The van der Waals surface area contributed by atoms with E-state index in [0.717, 1.165) is 17.3 Å². The van der Waals surface area contributed by atoms with E-state index in [9.17, 15) is 14.4 Å². The number of thioether (sulfide) groups is 1. The fraction of sp³-hybridized carbons (Fsp3) is 0.263. The fourth-order valence-corrected chi connectivity index (χ4v) is 4.18. The monoisotopic (exact) mass is 430 g/mol. The van der Waals surface area contributed by atoms with Gasteiger partial charge in [-0.3, -0.25) is 9.69 Å². The van der Waals surface area contributed by atoms with Crippen LogP contribution in [0.1, 0.15) is 17.1 Å². The van der Waals surface area contributed by atoms with E-state index in [2.05, 4.69) is 4.98 Å². The smallest absolute Gasteiger partial charge is 0.266 e. The third-order valence-electron chi connectivity index (χ3n) is 4.41. The highest BCUT2D eigenvalue weighted by atomic mass is 32.2. The number of ether oxygens (including phenoxy) is 1. The van der Waals surface area contributed by atoms with E-state index in [1.807, 2.05) is 11.0 Å². The molecule has 29 heavy (non-hydrogen) atoms. The molecule has 0 N–H and O–H groups in total. The summed E-state index contributed by atoms with van der Waals surface area (Å²) >= 11 is 6.46. The van der Waals surface area contributed by atoms with Crippen molar-refractivity contribution < 1.29 is 18.3 Å². The van der Waals surface area contributed by atoms with Crippen molar-refractivity contribution in [3.8, 4) is 6.07 Å². The third-order valence-corrected chi connectivity index (χ3v) is 5.79. The van der Waals surface area contributed by atoms with Crippen molar-refractivity contribution in [1.82, 2.24) is 9.88 Å². The SMILES string of the molecule is N#Cc1nc(/C=C2/SC(=S)N(Cc3ccc(F)cc3)C2=O)oc1N1CCOCC1. The van der Waals surface area contributed by atoms with E-state index in [-0.39, 0.29) is 29.9 Å². The molecule has 1 aromatic heterocycles. The third kappa shape index (κ3) is 4.17. The first-order chi connectivity index (χ1) is 14.0. The molecule has 2 aromatic rings. The topological polar surface area (TPSA) is 82.6 Å². The molecule has 4 rings (SSSR count). The maximum absolute atomic E-state index is 13.1. The first-order valence-corrected chi connectivity index (χ1v) is 10.0. The predicted octanol–water partition coefficient (Wildman–Crippen LogP) is 2.92. The van der Waals surface area contributed by atoms with Crippen molar-refractivity contribution in [2.24, 2.45) is 0 Å². The molecule has 10 heteroatoms. The van der Waals surface area contributed by atoms with Crippen molar-refractivity contribution >= 4 is 46.2 Å². The molecule has 2 fully saturated rings. The Hall–Kier alpha value is -2.74. The molecule has 1 amide bonds. The molecule has 0 bridgehead atoms. The number of hydrogen-bond acceptors (Lipinski definition) is 8. The zero-order valence-electron chi connectivity index (χ0n) is 15.1. The average molecular weight is 430 g/mol. The van der Waals surface area contributed by atoms with Crippen LogP contribution >= 0.6 is 24.0 Å². The van der Waals surface area contributed by atoms with Crippen LogP contribution in [-0.4, -0.2) is 46.4 Å². The lowest BCUT2D eigenvalue weighted by atomic mass is 10.2. The molecule has 3 heterocycles. The second-order valence-electron chi connectivity index (χ2n) is 6.31. The molecule has 0 saturated carbocycles. The number of carbonyl (C=O) groups is 1. The number of morpholine rings is 1. The minimum Gasteiger partial charge on any atom is -0.420 e. The lowest BCUT2D eigenvalue weighted by molar-refractivity contribution is -0.122. The predicted molar refractivity (Wildman–Crippen MR) is 109 cm³/mol. The van der Waals surface area contributed by atoms with Crippen LogP contribution in [-0.2, 0) is 16.1 Å². The number of rotatable bonds is 4. The van der Waals surface area contributed by atoms with Gasteiger partial charge in [0.25, 0.3) is 5.91 Å². The molecule has 0 atom stereocenters. The van der Waals surface area contributed by atoms with Gasteiger partial charge >= 0.3 is 0 Å². The van der Waals surface area contributed by atoms with Gasteiger partial charge in [-0.25, -0.2) is 4.39 Å². The van der Waals surface area contributed by atoms with E-state index in [4.69, 9.17) is 21.4 Å². The Bertz CT molecular complexity index is 1020. The number of anilines is 1. The summed E-state index contributed by atoms with van der Waals surface area (Å²) in [7, 11) is 0. The molecular formula is C19H15FN4O3S2. The number of carbonyl (C=O) groups excluding carboxylic acids is 1. The lowest BCUT2D eigenvalue weighted by Crippen LogP contribution is -2.36. The van der Waals surface area contributed by atoms with E-state index in [1.165, 1.54) is 23.1 Å². The summed E-state index contributed by atoms with van der Waals surface area (Å²) in [6.45, 7) is 2.54. The molecule has 0 radical (unpaired) electrons. The number of nitrogens with zero attached hydrogens (tertiary/aromatic N) is 4. The minimum atomic E-state index is -0.340. The number of thiocarbonyl (C=S) groups is 1. The highest BCUT2D eigenvalue weighted by Crippen LogP contribution is 2.34. The molecule has 0 aliphatic carbocycles. The number of benzene rings is 1. The van der Waals surface area contributed by atoms with Crippen LogP contribution in [0.5, 0.6) is 0 Å². The Kier molecular flexibility index (Phi) is 5.62. The zero-order valence-corrected chi connectivity index (χ0v) is 16.8. The summed E-state index contributed by atoms with van der Waals surface area (Å²) in [6, 6.07) is 7.93. The van der Waals surface area contributed by atoms with Gasteiger partial charge in [0.1, 0.15) is 16.2 Å². The lowest BCUT2D eigenvalue weighted by Gasteiger charge is -2.25. The van der Waals surface area contributed by atoms with Gasteiger partial charge in [0.2, 0.25) is 17.5 Å². The second kappa shape index (κ2) is 8.32. The molecule has 0 spiro atoms. The first-order valence-electron chi connectivity index (χ1n) is 8.78. The fourth-order valence-electron chi connectivity index (χ4n) is 2.96. The Morgan fingerprint density at radius 2 is 2.03 bits per heavy atom. The van der Waals surface area contributed by atoms with Gasteiger partial charge in [-0.05, 0) is 17.7 Å². The summed E-state index contributed by atoms with van der Waals surface area (Å²) < 4.78 is 24.5. The molecule has 2 saturated heterocycles. The molecule has 1 aromatic carbocycles. The summed E-state index contributed by atoms with van der Waals surface area (Å²) in [6.07, 6.45) is 1.49. The molecule has 2 aliphatic heterocycles. The van der Waals surface area contributed by atoms with Crippen molar-refractivity contribution in [3.05, 3.63) is 52.1 Å². The van der Waals surface area contributed by atoms with Crippen LogP contribution in [0.4, 0.5) is 10.3 Å². The Morgan fingerprint density at radius 1 is 1.31 bits per heavy atom. The Balaban J connectivity index is 1.54. The van der Waals surface area contributed by atoms with Gasteiger partial charge < -0.3 is 14.1 Å². The number of halogens is 1. The van der Waals surface area contributed by atoms with Crippen LogP contribution in [0.15, 0.2) is 33.6 Å². The van der Waals surface area contributed by atoms with Crippen molar-refractivity contribution in [2.75, 3.05) is 31.2 Å². The molecular weight excluding hydrogens is 415 g/mol. The summed E-state index contributed by atoms with van der Waals surface area (Å²) in [4.78, 5) is 20.7. The molecule has 0 unspecified atom stereocenters. The maximum atomic E-state index is 13.1. The van der Waals surface area contributed by atoms with Gasteiger partial charge in [0.05, 0.1) is 24.7 Å².